The van der Waals surface area contributed by atoms with Gasteiger partial charge in [0.15, 0.2) is 0 Å². The van der Waals surface area contributed by atoms with Crippen molar-refractivity contribution in [1.29, 1.82) is 0 Å². The van der Waals surface area contributed by atoms with Gasteiger partial charge in [0, 0.05) is 18.2 Å². The van der Waals surface area contributed by atoms with Crippen LogP contribution in [0.15, 0.2) is 60.8 Å². The molecule has 2 aromatic carbocycles. The van der Waals surface area contributed by atoms with E-state index in [1.54, 1.807) is 50.4 Å². The number of amides is 2. The number of rotatable bonds is 9. The van der Waals surface area contributed by atoms with Gasteiger partial charge in [-0.25, -0.2) is 11.6 Å². The number of aromatic nitrogens is 3. The van der Waals surface area contributed by atoms with E-state index in [1.807, 2.05) is 43.5 Å². The van der Waals surface area contributed by atoms with E-state index < -0.39 is 0 Å². The minimum absolute atomic E-state index is 0. The monoisotopic (exact) mass is 532 g/mol. The summed E-state index contributed by atoms with van der Waals surface area (Å²) >= 11 is 0. The minimum atomic E-state index is -0.264. The van der Waals surface area contributed by atoms with E-state index in [-0.39, 0.29) is 74.8 Å². The van der Waals surface area contributed by atoms with E-state index in [0.717, 1.165) is 11.3 Å². The molecule has 0 fully saturated rings. The number of hydrogen-bond donors (Lipinski definition) is 4. The number of aromatic amines is 2. The molecule has 0 bridgehead atoms. The summed E-state index contributed by atoms with van der Waals surface area (Å²) in [5.41, 5.74) is 5.27. The average molecular weight is 533 g/mol. The first kappa shape index (κ1) is 29.5. The van der Waals surface area contributed by atoms with Crippen molar-refractivity contribution >= 4 is 29.7 Å². The van der Waals surface area contributed by atoms with Crippen LogP contribution in [-0.2, 0) is 11.3 Å². The van der Waals surface area contributed by atoms with Gasteiger partial charge in [0.1, 0.15) is 0 Å². The Morgan fingerprint density at radius 2 is 1.89 bits per heavy atom. The van der Waals surface area contributed by atoms with Crippen molar-refractivity contribution in [2.75, 3.05) is 0 Å². The molecule has 1 unspecified atom stereocenters. The van der Waals surface area contributed by atoms with Crippen LogP contribution in [0.4, 0.5) is 0 Å². The van der Waals surface area contributed by atoms with Crippen molar-refractivity contribution < 1.29 is 65.8 Å². The second-order valence-electron chi connectivity index (χ2n) is 8.69. The molecule has 2 heterocycles. The molecule has 2 aromatic heterocycles. The van der Waals surface area contributed by atoms with Crippen LogP contribution in [-0.4, -0.2) is 33.3 Å². The summed E-state index contributed by atoms with van der Waals surface area (Å²) < 4.78 is 0. The predicted molar refractivity (Wildman–Crippen MR) is 141 cm³/mol. The first-order chi connectivity index (χ1) is 17.9. The summed E-state index contributed by atoms with van der Waals surface area (Å²) in [4.78, 5) is 40.8. The maximum Gasteiger partial charge on any atom is 1.00 e. The fourth-order valence-electron chi connectivity index (χ4n) is 4.08. The summed E-state index contributed by atoms with van der Waals surface area (Å²) in [7, 11) is 0. The van der Waals surface area contributed by atoms with Gasteiger partial charge in [0.2, 0.25) is 5.91 Å². The van der Waals surface area contributed by atoms with Gasteiger partial charge in [-0.3, -0.25) is 20.3 Å². The number of aryl methyl sites for hydroxylation is 1. The molecule has 0 aliphatic heterocycles. The molecule has 0 radical (unpaired) electrons. The van der Waals surface area contributed by atoms with Gasteiger partial charge in [-0.05, 0) is 43.7 Å². The van der Waals surface area contributed by atoms with E-state index in [2.05, 4.69) is 31.9 Å². The van der Waals surface area contributed by atoms with Crippen LogP contribution >= 0.6 is 0 Å². The normalized spacial score (nSPS) is 11.8. The summed E-state index contributed by atoms with van der Waals surface area (Å²) in [5.74, 6) is -0.505. The number of hydrogen-bond acceptors (Lipinski definition) is 4. The summed E-state index contributed by atoms with van der Waals surface area (Å²) in [6.45, 7) is 5.83. The average Bonchev–Trinajstić information content (AvgIpc) is 3.53. The van der Waals surface area contributed by atoms with Crippen LogP contribution in [0.1, 0.15) is 67.5 Å². The maximum absolute atomic E-state index is 12.9. The summed E-state index contributed by atoms with van der Waals surface area (Å²) in [5, 5.41) is 12.5. The van der Waals surface area contributed by atoms with Gasteiger partial charge in [-0.2, -0.15) is 23.3 Å². The Morgan fingerprint density at radius 1 is 1.13 bits per heavy atom. The van der Waals surface area contributed by atoms with E-state index in [1.165, 1.54) is 0 Å². The second kappa shape index (κ2) is 13.6. The molecule has 0 aliphatic rings. The van der Waals surface area contributed by atoms with E-state index >= 15 is 0 Å². The van der Waals surface area contributed by atoms with Gasteiger partial charge in [-0.1, -0.05) is 35.9 Å². The fourth-order valence-corrected chi connectivity index (χ4v) is 4.08. The number of nitrogens with one attached hydrogen (secondary N) is 4. The first-order valence-corrected chi connectivity index (χ1v) is 11.8. The van der Waals surface area contributed by atoms with Crippen molar-refractivity contribution in [1.82, 2.24) is 25.8 Å². The molecule has 4 N–H and O–H groups in total. The zero-order chi connectivity index (χ0) is 26.4. The summed E-state index contributed by atoms with van der Waals surface area (Å²) in [6, 6.07) is 19.1. The molecule has 0 aliphatic carbocycles. The van der Waals surface area contributed by atoms with Crippen LogP contribution < -0.4 is 62.0 Å². The smallest absolute Gasteiger partial charge is 0.388 e. The maximum atomic E-state index is 12.9. The summed E-state index contributed by atoms with van der Waals surface area (Å²) in [6.07, 6.45) is 5.18. The second-order valence-corrected chi connectivity index (χ2v) is 8.69. The Morgan fingerprint density at radius 3 is 2.58 bits per heavy atom. The quantitative estimate of drug-likeness (QED) is 0.147. The Kier molecular flexibility index (Phi) is 10.6. The van der Waals surface area contributed by atoms with Gasteiger partial charge < -0.3 is 20.4 Å². The van der Waals surface area contributed by atoms with Gasteiger partial charge >= 0.3 is 51.4 Å². The third-order valence-corrected chi connectivity index (χ3v) is 6.10. The Hall–Kier alpha value is -3.08. The third kappa shape index (κ3) is 7.06. The number of carbonyl (C=O) groups is 2. The zero-order valence-corrected chi connectivity index (χ0v) is 24.9. The van der Waals surface area contributed by atoms with Crippen LogP contribution in [0.3, 0.4) is 0 Å². The Bertz CT molecular complexity index is 1440. The van der Waals surface area contributed by atoms with E-state index in [4.69, 9.17) is 0 Å². The third-order valence-electron chi connectivity index (χ3n) is 6.10. The van der Waals surface area contributed by atoms with Gasteiger partial charge in [0.25, 0.3) is 5.91 Å². The molecule has 4 rings (SSSR count). The minimum Gasteiger partial charge on any atom is -0.388 e. The molecular weight excluding hydrogens is 505 g/mol. The van der Waals surface area contributed by atoms with Crippen molar-refractivity contribution in [3.05, 3.63) is 112 Å². The van der Waals surface area contributed by atoms with Gasteiger partial charge in [-0.15, -0.1) is 6.07 Å². The molecular formula is C29H27KN5O3-. The first-order valence-electron chi connectivity index (χ1n) is 11.8. The fraction of sp³-hybridized carbons (Fsp3) is 0.172. The largest absolute Gasteiger partial charge is 1.00 e. The molecule has 38 heavy (non-hydrogen) atoms. The van der Waals surface area contributed by atoms with Crippen molar-refractivity contribution in [2.24, 2.45) is 0 Å². The standard InChI is InChI=1S/C29H27N5O3.K/c1-18-26(32-20(3)27(18)29(37)30-16-25-12-13-31-34-25)15-24(17-35)22-10-7-11-23(14-22)28(36)33-19(2)21-8-5-4-6-9-21;/h4-9,11-15,19,32H,16H2,1-3H3,(H,30,37)(H,31,34)(H,33,36);/q-2;+1/b24-15+;. The van der Waals surface area contributed by atoms with Crippen molar-refractivity contribution in [3.8, 4) is 0 Å². The van der Waals surface area contributed by atoms with Crippen LogP contribution in [0, 0.1) is 19.9 Å². The Balaban J connectivity index is 0.00000400. The van der Waals surface area contributed by atoms with Crippen molar-refractivity contribution in [2.45, 2.75) is 33.4 Å². The topological polar surface area (TPSA) is 120 Å². The van der Waals surface area contributed by atoms with E-state index in [9.17, 15) is 14.4 Å². The molecule has 9 heteroatoms. The van der Waals surface area contributed by atoms with Gasteiger partial charge in [0.05, 0.1) is 23.8 Å². The number of carbonyl (C=O) groups excluding carboxylic acids is 3. The Labute approximate surface area is 264 Å². The SMILES string of the molecule is Cc1[nH]c(/C=C(\[C-]=O)c2[c-]ccc(C(=O)NC(C)c3ccccc3)c2)c(C)c1C(=O)NCc1ccn[nH]1.[K+]. The van der Waals surface area contributed by atoms with Crippen molar-refractivity contribution in [3.63, 3.8) is 0 Å². The molecule has 1 atom stereocenters. The molecule has 188 valence electrons. The zero-order valence-electron chi connectivity index (χ0n) is 21.8. The van der Waals surface area contributed by atoms with Crippen LogP contribution in [0.2, 0.25) is 0 Å². The number of benzene rings is 2. The number of H-pyrrole nitrogens is 2. The van der Waals surface area contributed by atoms with Crippen LogP contribution in [0.5, 0.6) is 0 Å². The number of nitrogens with zero attached hydrogens (tertiary/aromatic N) is 1. The molecule has 0 spiro atoms. The predicted octanol–water partition coefficient (Wildman–Crippen LogP) is 1.23. The molecule has 4 aromatic rings. The molecule has 8 nitrogen and oxygen atoms in total. The van der Waals surface area contributed by atoms with Crippen LogP contribution in [0.25, 0.3) is 11.6 Å². The molecule has 0 saturated carbocycles. The number of allylic oxidation sites excluding steroid dienone is 1. The molecule has 2 amide bonds. The van der Waals surface area contributed by atoms with E-state index in [0.29, 0.717) is 40.2 Å². The molecule has 0 saturated heterocycles.